The molecule has 2 saturated heterocycles. The van der Waals surface area contributed by atoms with Crippen molar-refractivity contribution in [2.45, 2.75) is 57.7 Å². The summed E-state index contributed by atoms with van der Waals surface area (Å²) in [4.78, 5) is 28.5. The summed E-state index contributed by atoms with van der Waals surface area (Å²) in [5.74, 6) is 0.929. The van der Waals surface area contributed by atoms with Crippen LogP contribution in [0.2, 0.25) is 0 Å². The molecule has 1 N–H and O–H groups in total. The first-order chi connectivity index (χ1) is 11.6. The number of furan rings is 1. The predicted molar refractivity (Wildman–Crippen MR) is 90.3 cm³/mol. The normalized spacial score (nSPS) is 25.8. The van der Waals surface area contributed by atoms with Gasteiger partial charge in [-0.1, -0.05) is 0 Å². The molecule has 0 aliphatic carbocycles. The van der Waals surface area contributed by atoms with Crippen molar-refractivity contribution in [2.75, 3.05) is 19.6 Å². The Morgan fingerprint density at radius 1 is 1.29 bits per heavy atom. The van der Waals surface area contributed by atoms with Gasteiger partial charge in [0.2, 0.25) is 11.8 Å². The zero-order valence-electron chi connectivity index (χ0n) is 14.5. The molecule has 3 rings (SSSR count). The van der Waals surface area contributed by atoms with E-state index in [0.717, 1.165) is 44.5 Å². The maximum atomic E-state index is 12.4. The maximum Gasteiger partial charge on any atom is 0.234 e. The van der Waals surface area contributed by atoms with E-state index in [4.69, 9.17) is 4.42 Å². The molecule has 6 nitrogen and oxygen atoms in total. The highest BCUT2D eigenvalue weighted by Crippen LogP contribution is 2.29. The molecule has 132 valence electrons. The van der Waals surface area contributed by atoms with E-state index in [9.17, 15) is 9.59 Å². The lowest BCUT2D eigenvalue weighted by Gasteiger charge is -2.34. The third-order valence-electron chi connectivity index (χ3n) is 5.26. The highest BCUT2D eigenvalue weighted by molar-refractivity contribution is 5.78. The molecule has 0 spiro atoms. The monoisotopic (exact) mass is 333 g/mol. The Kier molecular flexibility index (Phi) is 5.23. The Balaban J connectivity index is 1.57. The highest BCUT2D eigenvalue weighted by Gasteiger charge is 2.39. The van der Waals surface area contributed by atoms with E-state index in [-0.39, 0.29) is 23.9 Å². The minimum Gasteiger partial charge on any atom is -0.467 e. The van der Waals surface area contributed by atoms with E-state index >= 15 is 0 Å². The first-order valence-corrected chi connectivity index (χ1v) is 8.90. The van der Waals surface area contributed by atoms with Gasteiger partial charge in [0.05, 0.1) is 18.8 Å². The van der Waals surface area contributed by atoms with Gasteiger partial charge in [-0.2, -0.15) is 0 Å². The van der Waals surface area contributed by atoms with Gasteiger partial charge < -0.3 is 14.6 Å². The SMILES string of the molecule is CC(=O)N1CCC[C@@H]1[C@@H]1CCCN1CC(=O)N[C@@H](C)c1ccco1. The number of hydrogen-bond donors (Lipinski definition) is 1. The molecule has 2 aliphatic rings. The minimum absolute atomic E-state index is 0.0122. The summed E-state index contributed by atoms with van der Waals surface area (Å²) >= 11 is 0. The Labute approximate surface area is 143 Å². The molecule has 1 aromatic rings. The van der Waals surface area contributed by atoms with Crippen LogP contribution in [0.3, 0.4) is 0 Å². The van der Waals surface area contributed by atoms with Gasteiger partial charge in [0, 0.05) is 25.6 Å². The third-order valence-corrected chi connectivity index (χ3v) is 5.26. The summed E-state index contributed by atoms with van der Waals surface area (Å²) in [5, 5.41) is 3.00. The zero-order chi connectivity index (χ0) is 17.1. The van der Waals surface area contributed by atoms with Crippen LogP contribution >= 0.6 is 0 Å². The molecule has 0 aromatic carbocycles. The van der Waals surface area contributed by atoms with Crippen LogP contribution in [-0.2, 0) is 9.59 Å². The third kappa shape index (κ3) is 3.64. The standard InChI is InChI=1S/C18H27N3O3/c1-13(17-8-5-11-24-17)19-18(23)12-20-9-3-6-15(20)16-7-4-10-21(16)14(2)22/h5,8,11,13,15-16H,3-4,6-7,9-10,12H2,1-2H3,(H,19,23)/t13-,15-,16+/m0/s1. The molecule has 0 unspecified atom stereocenters. The summed E-state index contributed by atoms with van der Waals surface area (Å²) in [6.07, 6.45) is 5.88. The van der Waals surface area contributed by atoms with Gasteiger partial charge in [-0.05, 0) is 51.3 Å². The van der Waals surface area contributed by atoms with Crippen molar-refractivity contribution in [3.05, 3.63) is 24.2 Å². The van der Waals surface area contributed by atoms with Gasteiger partial charge in [0.25, 0.3) is 0 Å². The minimum atomic E-state index is -0.131. The van der Waals surface area contributed by atoms with Gasteiger partial charge in [-0.3, -0.25) is 14.5 Å². The summed E-state index contributed by atoms with van der Waals surface area (Å²) in [6, 6.07) is 4.13. The fourth-order valence-corrected chi connectivity index (χ4v) is 4.15. The molecule has 2 fully saturated rings. The van der Waals surface area contributed by atoms with Crippen molar-refractivity contribution in [1.29, 1.82) is 0 Å². The Hall–Kier alpha value is -1.82. The first-order valence-electron chi connectivity index (χ1n) is 8.90. The van der Waals surface area contributed by atoms with Crippen molar-refractivity contribution in [1.82, 2.24) is 15.1 Å². The fraction of sp³-hybridized carbons (Fsp3) is 0.667. The average molecular weight is 333 g/mol. The van der Waals surface area contributed by atoms with Crippen LogP contribution in [0.25, 0.3) is 0 Å². The van der Waals surface area contributed by atoms with Crippen LogP contribution in [0.5, 0.6) is 0 Å². The van der Waals surface area contributed by atoms with Gasteiger partial charge in [0.15, 0.2) is 0 Å². The van der Waals surface area contributed by atoms with Crippen LogP contribution in [0.1, 0.15) is 51.3 Å². The van der Waals surface area contributed by atoms with Gasteiger partial charge in [0.1, 0.15) is 5.76 Å². The number of likely N-dealkylation sites (tertiary alicyclic amines) is 2. The number of nitrogens with zero attached hydrogens (tertiary/aromatic N) is 2. The Morgan fingerprint density at radius 2 is 2.04 bits per heavy atom. The highest BCUT2D eigenvalue weighted by atomic mass is 16.3. The van der Waals surface area contributed by atoms with Gasteiger partial charge >= 0.3 is 0 Å². The van der Waals surface area contributed by atoms with E-state index < -0.39 is 0 Å². The van der Waals surface area contributed by atoms with Crippen LogP contribution in [0, 0.1) is 0 Å². The topological polar surface area (TPSA) is 65.8 Å². The first kappa shape index (κ1) is 17.0. The molecule has 2 amide bonds. The van der Waals surface area contributed by atoms with Crippen molar-refractivity contribution < 1.29 is 14.0 Å². The number of carbonyl (C=O) groups is 2. The quantitative estimate of drug-likeness (QED) is 0.894. The zero-order valence-corrected chi connectivity index (χ0v) is 14.5. The molecule has 0 bridgehead atoms. The molecule has 3 heterocycles. The Bertz CT molecular complexity index is 572. The molecular weight excluding hydrogens is 306 g/mol. The van der Waals surface area contributed by atoms with Crippen molar-refractivity contribution in [3.8, 4) is 0 Å². The predicted octanol–water partition coefficient (Wildman–Crippen LogP) is 1.93. The van der Waals surface area contributed by atoms with E-state index in [2.05, 4.69) is 10.2 Å². The van der Waals surface area contributed by atoms with E-state index in [0.29, 0.717) is 12.6 Å². The molecule has 24 heavy (non-hydrogen) atoms. The average Bonchev–Trinajstić information content (AvgIpc) is 3.28. The van der Waals surface area contributed by atoms with E-state index in [1.807, 2.05) is 24.0 Å². The van der Waals surface area contributed by atoms with E-state index in [1.165, 1.54) is 0 Å². The summed E-state index contributed by atoms with van der Waals surface area (Å²) in [7, 11) is 0. The number of hydrogen-bond acceptors (Lipinski definition) is 4. The van der Waals surface area contributed by atoms with Crippen LogP contribution in [0.4, 0.5) is 0 Å². The molecule has 6 heteroatoms. The van der Waals surface area contributed by atoms with Gasteiger partial charge in [-0.15, -0.1) is 0 Å². The second kappa shape index (κ2) is 7.38. The second-order valence-corrected chi connectivity index (χ2v) is 6.91. The lowest BCUT2D eigenvalue weighted by atomic mass is 10.0. The smallest absolute Gasteiger partial charge is 0.234 e. The van der Waals surface area contributed by atoms with Crippen molar-refractivity contribution >= 4 is 11.8 Å². The van der Waals surface area contributed by atoms with Gasteiger partial charge in [-0.25, -0.2) is 0 Å². The van der Waals surface area contributed by atoms with Crippen molar-refractivity contribution in [2.24, 2.45) is 0 Å². The molecule has 2 aliphatic heterocycles. The molecular formula is C18H27N3O3. The number of nitrogens with one attached hydrogen (secondary N) is 1. The lowest BCUT2D eigenvalue weighted by molar-refractivity contribution is -0.130. The maximum absolute atomic E-state index is 12.4. The van der Waals surface area contributed by atoms with Crippen LogP contribution in [-0.4, -0.2) is 53.3 Å². The summed E-state index contributed by atoms with van der Waals surface area (Å²) in [5.41, 5.74) is 0. The van der Waals surface area contributed by atoms with Crippen LogP contribution in [0.15, 0.2) is 22.8 Å². The second-order valence-electron chi connectivity index (χ2n) is 6.91. The largest absolute Gasteiger partial charge is 0.467 e. The molecule has 0 saturated carbocycles. The fourth-order valence-electron chi connectivity index (χ4n) is 4.15. The van der Waals surface area contributed by atoms with Crippen LogP contribution < -0.4 is 5.32 Å². The number of rotatable bonds is 5. The molecule has 3 atom stereocenters. The summed E-state index contributed by atoms with van der Waals surface area (Å²) in [6.45, 7) is 5.74. The summed E-state index contributed by atoms with van der Waals surface area (Å²) < 4.78 is 5.34. The van der Waals surface area contributed by atoms with Crippen molar-refractivity contribution in [3.63, 3.8) is 0 Å². The molecule has 1 aromatic heterocycles. The molecule has 0 radical (unpaired) electrons. The number of carbonyl (C=O) groups excluding carboxylic acids is 2. The number of amides is 2. The van der Waals surface area contributed by atoms with E-state index in [1.54, 1.807) is 13.2 Å². The Morgan fingerprint density at radius 3 is 2.75 bits per heavy atom. The lowest BCUT2D eigenvalue weighted by Crippen LogP contribution is -2.50.